The molecule has 6 heteroatoms. The van der Waals surface area contributed by atoms with Crippen molar-refractivity contribution in [2.75, 3.05) is 13.2 Å². The van der Waals surface area contributed by atoms with E-state index in [0.29, 0.717) is 18.1 Å². The fourth-order valence-electron chi connectivity index (χ4n) is 1.80. The number of hydrogen-bond acceptors (Lipinski definition) is 4. The highest BCUT2D eigenvalue weighted by atomic mass is 127. The van der Waals surface area contributed by atoms with Crippen LogP contribution in [0.15, 0.2) is 35.8 Å². The molecule has 0 unspecified atom stereocenters. The lowest BCUT2D eigenvalue weighted by molar-refractivity contribution is -0.122. The molecule has 4 nitrogen and oxygen atoms in total. The minimum atomic E-state index is -0.227. The molecule has 1 aliphatic rings. The number of benzene rings is 1. The Bertz CT molecular complexity index is 627. The number of likely N-dealkylation sites (N-methyl/N-ethyl adjacent to an activating group) is 1. The lowest BCUT2D eigenvalue weighted by Crippen LogP contribution is -2.27. The zero-order valence-electron chi connectivity index (χ0n) is 11.5. The number of carbonyl (C=O) groups excluding carboxylic acids is 2. The van der Waals surface area contributed by atoms with Crippen molar-refractivity contribution >= 4 is 51.6 Å². The summed E-state index contributed by atoms with van der Waals surface area (Å²) in [4.78, 5) is 25.4. The number of halogens is 1. The molecule has 1 aromatic rings. The second kappa shape index (κ2) is 7.13. The van der Waals surface area contributed by atoms with Gasteiger partial charge in [-0.2, -0.15) is 0 Å². The average Bonchev–Trinajstić information content (AvgIpc) is 2.72. The molecule has 1 saturated heterocycles. The van der Waals surface area contributed by atoms with Crippen molar-refractivity contribution in [1.82, 2.24) is 4.90 Å². The van der Waals surface area contributed by atoms with Crippen LogP contribution in [0.5, 0.6) is 5.75 Å². The van der Waals surface area contributed by atoms with E-state index < -0.39 is 0 Å². The summed E-state index contributed by atoms with van der Waals surface area (Å²) in [5.41, 5.74) is 0.868. The third-order valence-electron chi connectivity index (χ3n) is 2.80. The summed E-state index contributed by atoms with van der Waals surface area (Å²) in [7, 11) is 0. The Balaban J connectivity index is 2.22. The number of amides is 2. The second-order valence-corrected chi connectivity index (χ2v) is 6.37. The van der Waals surface area contributed by atoms with E-state index in [-0.39, 0.29) is 11.1 Å². The van der Waals surface area contributed by atoms with E-state index in [1.807, 2.05) is 18.2 Å². The number of thioether (sulfide) groups is 1. The third-order valence-corrected chi connectivity index (χ3v) is 4.55. The van der Waals surface area contributed by atoms with Gasteiger partial charge < -0.3 is 4.74 Å². The smallest absolute Gasteiger partial charge is 0.293 e. The summed E-state index contributed by atoms with van der Waals surface area (Å²) in [6.45, 7) is 6.24. The standard InChI is InChI=1S/C15H14INO3S/c1-3-7-20-12-6-5-10(8-11(12)16)9-13-14(18)17(4-2)15(19)21-13/h3,5-6,8-9H,1,4,7H2,2H3/b13-9+. The summed E-state index contributed by atoms with van der Waals surface area (Å²) in [5, 5.41) is -0.214. The van der Waals surface area contributed by atoms with Crippen LogP contribution in [0.4, 0.5) is 4.79 Å². The van der Waals surface area contributed by atoms with E-state index in [0.717, 1.165) is 26.6 Å². The van der Waals surface area contributed by atoms with Crippen molar-refractivity contribution in [2.24, 2.45) is 0 Å². The fourth-order valence-corrected chi connectivity index (χ4v) is 3.39. The van der Waals surface area contributed by atoms with Gasteiger partial charge in [-0.3, -0.25) is 14.5 Å². The molecule has 1 aromatic carbocycles. The molecule has 0 spiro atoms. The summed E-state index contributed by atoms with van der Waals surface area (Å²) < 4.78 is 6.45. The van der Waals surface area contributed by atoms with Gasteiger partial charge in [-0.25, -0.2) is 0 Å². The predicted molar refractivity (Wildman–Crippen MR) is 93.2 cm³/mol. The first-order chi connectivity index (χ1) is 10.1. The maximum atomic E-state index is 12.0. The Morgan fingerprint density at radius 1 is 1.43 bits per heavy atom. The molecule has 1 heterocycles. The van der Waals surface area contributed by atoms with Gasteiger partial charge in [-0.15, -0.1) is 0 Å². The minimum Gasteiger partial charge on any atom is -0.488 e. The van der Waals surface area contributed by atoms with E-state index >= 15 is 0 Å². The van der Waals surface area contributed by atoms with Gasteiger partial charge in [-0.1, -0.05) is 18.7 Å². The molecule has 0 aromatic heterocycles. The molecule has 0 N–H and O–H groups in total. The van der Waals surface area contributed by atoms with Crippen molar-refractivity contribution in [3.05, 3.63) is 44.9 Å². The number of nitrogens with zero attached hydrogens (tertiary/aromatic N) is 1. The van der Waals surface area contributed by atoms with Crippen LogP contribution in [0, 0.1) is 3.57 Å². The maximum Gasteiger partial charge on any atom is 0.293 e. The number of hydrogen-bond donors (Lipinski definition) is 0. The predicted octanol–water partition coefficient (Wildman–Crippen LogP) is 3.91. The lowest BCUT2D eigenvalue weighted by Gasteiger charge is -2.07. The first-order valence-electron chi connectivity index (χ1n) is 6.35. The maximum absolute atomic E-state index is 12.0. The van der Waals surface area contributed by atoms with E-state index in [9.17, 15) is 9.59 Å². The average molecular weight is 415 g/mol. The minimum absolute atomic E-state index is 0.214. The van der Waals surface area contributed by atoms with Crippen LogP contribution in [0.1, 0.15) is 12.5 Å². The van der Waals surface area contributed by atoms with Gasteiger partial charge in [0.05, 0.1) is 8.48 Å². The van der Waals surface area contributed by atoms with Gasteiger partial charge in [-0.05, 0) is 65.0 Å². The first-order valence-corrected chi connectivity index (χ1v) is 8.25. The molecule has 1 fully saturated rings. The SMILES string of the molecule is C=CCOc1ccc(/C=C2/SC(=O)N(CC)C2=O)cc1I. The highest BCUT2D eigenvalue weighted by Crippen LogP contribution is 2.32. The Morgan fingerprint density at radius 3 is 2.76 bits per heavy atom. The number of ether oxygens (including phenoxy) is 1. The van der Waals surface area contributed by atoms with Crippen LogP contribution < -0.4 is 4.74 Å². The Kier molecular flexibility index (Phi) is 5.46. The van der Waals surface area contributed by atoms with Gasteiger partial charge in [0.1, 0.15) is 12.4 Å². The molecule has 0 atom stereocenters. The second-order valence-electron chi connectivity index (χ2n) is 4.22. The Morgan fingerprint density at radius 2 is 2.19 bits per heavy atom. The molecule has 21 heavy (non-hydrogen) atoms. The summed E-state index contributed by atoms with van der Waals surface area (Å²) in [6, 6.07) is 5.63. The van der Waals surface area contributed by atoms with E-state index in [1.54, 1.807) is 19.1 Å². The van der Waals surface area contributed by atoms with Gasteiger partial charge in [0.25, 0.3) is 11.1 Å². The van der Waals surface area contributed by atoms with Crippen molar-refractivity contribution in [2.45, 2.75) is 6.92 Å². The van der Waals surface area contributed by atoms with Gasteiger partial charge in [0, 0.05) is 6.54 Å². The quantitative estimate of drug-likeness (QED) is 0.416. The van der Waals surface area contributed by atoms with Crippen molar-refractivity contribution < 1.29 is 14.3 Å². The van der Waals surface area contributed by atoms with Gasteiger partial charge in [0.2, 0.25) is 0 Å². The van der Waals surface area contributed by atoms with E-state index in [2.05, 4.69) is 29.2 Å². The first kappa shape index (κ1) is 16.1. The van der Waals surface area contributed by atoms with Crippen molar-refractivity contribution in [3.8, 4) is 5.75 Å². The molecule has 0 aliphatic carbocycles. The number of carbonyl (C=O) groups is 2. The highest BCUT2D eigenvalue weighted by molar-refractivity contribution is 14.1. The van der Waals surface area contributed by atoms with Crippen molar-refractivity contribution in [1.29, 1.82) is 0 Å². The highest BCUT2D eigenvalue weighted by Gasteiger charge is 2.33. The number of rotatable bonds is 5. The molecule has 110 valence electrons. The van der Waals surface area contributed by atoms with Crippen LogP contribution in [-0.2, 0) is 4.79 Å². The molecule has 0 bridgehead atoms. The van der Waals surface area contributed by atoms with Crippen LogP contribution in [-0.4, -0.2) is 29.2 Å². The summed E-state index contributed by atoms with van der Waals surface area (Å²) in [5.74, 6) is 0.545. The lowest BCUT2D eigenvalue weighted by atomic mass is 10.2. The topological polar surface area (TPSA) is 46.6 Å². The third kappa shape index (κ3) is 3.68. The Labute approximate surface area is 141 Å². The normalized spacial score (nSPS) is 16.7. The van der Waals surface area contributed by atoms with Crippen LogP contribution in [0.25, 0.3) is 6.08 Å². The molecular formula is C15H14INO3S. The van der Waals surface area contributed by atoms with Crippen LogP contribution >= 0.6 is 34.4 Å². The molecule has 0 radical (unpaired) electrons. The van der Waals surface area contributed by atoms with Gasteiger partial charge >= 0.3 is 0 Å². The molecular weight excluding hydrogens is 401 g/mol. The Hall–Kier alpha value is -1.28. The molecule has 0 saturated carbocycles. The molecule has 2 amide bonds. The molecule has 1 aliphatic heterocycles. The van der Waals surface area contributed by atoms with E-state index in [4.69, 9.17) is 4.74 Å². The van der Waals surface area contributed by atoms with Crippen LogP contribution in [0.3, 0.4) is 0 Å². The monoisotopic (exact) mass is 415 g/mol. The number of imide groups is 1. The van der Waals surface area contributed by atoms with Crippen molar-refractivity contribution in [3.63, 3.8) is 0 Å². The van der Waals surface area contributed by atoms with Gasteiger partial charge in [0.15, 0.2) is 0 Å². The van der Waals surface area contributed by atoms with Crippen LogP contribution in [0.2, 0.25) is 0 Å². The summed E-state index contributed by atoms with van der Waals surface area (Å²) >= 11 is 3.15. The summed E-state index contributed by atoms with van der Waals surface area (Å²) in [6.07, 6.45) is 3.42. The largest absolute Gasteiger partial charge is 0.488 e. The zero-order valence-corrected chi connectivity index (χ0v) is 14.4. The zero-order chi connectivity index (χ0) is 15.4. The molecule has 2 rings (SSSR count). The fraction of sp³-hybridized carbons (Fsp3) is 0.200. The van der Waals surface area contributed by atoms with E-state index in [1.165, 1.54) is 4.90 Å².